The molecule has 3 heterocycles. The first-order chi connectivity index (χ1) is 20.7. The highest BCUT2D eigenvalue weighted by atomic mass is 16.5. The number of fused-ring (bicyclic) bond motifs is 2. The van der Waals surface area contributed by atoms with Crippen molar-refractivity contribution in [3.8, 4) is 5.75 Å². The molecule has 0 aliphatic carbocycles. The van der Waals surface area contributed by atoms with Crippen molar-refractivity contribution in [1.82, 2.24) is 30.3 Å². The van der Waals surface area contributed by atoms with Crippen LogP contribution in [0.4, 0.5) is 5.69 Å². The molecule has 0 saturated carbocycles. The van der Waals surface area contributed by atoms with Crippen LogP contribution < -0.4 is 20.7 Å². The van der Waals surface area contributed by atoms with Gasteiger partial charge in [0.2, 0.25) is 11.8 Å². The average Bonchev–Trinajstić information content (AvgIpc) is 3.36. The number of nitrogens with one attached hydrogen (secondary N) is 3. The third-order valence-electron chi connectivity index (χ3n) is 7.55. The van der Waals surface area contributed by atoms with Crippen molar-refractivity contribution < 1.29 is 23.9 Å². The van der Waals surface area contributed by atoms with E-state index < -0.39 is 12.1 Å². The number of amides is 4. The maximum Gasteiger partial charge on any atom is 0.262 e. The maximum absolute atomic E-state index is 13.7. The second kappa shape index (κ2) is 13.1. The predicted octanol–water partition coefficient (Wildman–Crippen LogP) is 2.39. The lowest BCUT2D eigenvalue weighted by molar-refractivity contribution is -0.129. The van der Waals surface area contributed by atoms with Crippen LogP contribution in [0.1, 0.15) is 60.3 Å². The van der Waals surface area contributed by atoms with E-state index in [1.165, 1.54) is 0 Å². The van der Waals surface area contributed by atoms with E-state index in [4.69, 9.17) is 4.74 Å². The monoisotopic (exact) mass is 587 g/mol. The molecule has 12 nitrogen and oxygen atoms in total. The molecule has 0 fully saturated rings. The van der Waals surface area contributed by atoms with Crippen LogP contribution in [-0.4, -0.2) is 69.0 Å². The maximum atomic E-state index is 13.7. The number of hydrogen-bond acceptors (Lipinski definition) is 7. The van der Waals surface area contributed by atoms with Crippen LogP contribution in [0, 0.1) is 12.8 Å². The number of carbonyl (C=O) groups excluding carboxylic acids is 4. The molecule has 2 atom stereocenters. The Kier molecular flexibility index (Phi) is 9.03. The largest absolute Gasteiger partial charge is 0.482 e. The van der Waals surface area contributed by atoms with E-state index in [0.717, 1.165) is 5.56 Å². The Balaban J connectivity index is 1.43. The van der Waals surface area contributed by atoms with Gasteiger partial charge in [-0.05, 0) is 43.0 Å². The molecule has 0 spiro atoms. The van der Waals surface area contributed by atoms with Gasteiger partial charge in [-0.3, -0.25) is 19.2 Å². The second-order valence-electron chi connectivity index (χ2n) is 11.2. The van der Waals surface area contributed by atoms with E-state index in [-0.39, 0.29) is 42.6 Å². The molecule has 4 amide bonds. The zero-order chi connectivity index (χ0) is 30.5. The van der Waals surface area contributed by atoms with Crippen LogP contribution in [0.2, 0.25) is 0 Å². The van der Waals surface area contributed by atoms with Crippen LogP contribution in [0.25, 0.3) is 0 Å². The van der Waals surface area contributed by atoms with Crippen LogP contribution in [0.3, 0.4) is 0 Å². The molecule has 5 rings (SSSR count). The number of aryl methyl sites for hydroxylation is 1. The number of ether oxygens (including phenoxy) is 1. The number of hydrogen-bond donors (Lipinski definition) is 3. The fraction of sp³-hybridized carbons (Fsp3) is 0.419. The zero-order valence-corrected chi connectivity index (χ0v) is 24.6. The van der Waals surface area contributed by atoms with Crippen LogP contribution in [-0.2, 0) is 27.3 Å². The summed E-state index contributed by atoms with van der Waals surface area (Å²) in [5, 5.41) is 13.4. The Morgan fingerprint density at radius 2 is 1.81 bits per heavy atom. The minimum Gasteiger partial charge on any atom is -0.482 e. The lowest BCUT2D eigenvalue weighted by Crippen LogP contribution is -2.50. The first-order valence-corrected chi connectivity index (χ1v) is 14.6. The Bertz CT molecular complexity index is 1500. The van der Waals surface area contributed by atoms with Gasteiger partial charge in [0.25, 0.3) is 11.8 Å². The van der Waals surface area contributed by atoms with Crippen molar-refractivity contribution in [2.45, 2.75) is 58.7 Å². The summed E-state index contributed by atoms with van der Waals surface area (Å²) in [6.07, 6.45) is 0.871. The third-order valence-corrected chi connectivity index (χ3v) is 7.55. The van der Waals surface area contributed by atoms with Crippen LogP contribution >= 0.6 is 0 Å². The molecule has 2 aliphatic rings. The normalized spacial score (nSPS) is 19.7. The SMILES string of the molecule is Cc1nc2n(n1)CCN(C(=O)c1ccc3c(c1)OCC(=O)N3)CCCC(=O)N[C@@H](Cc1ccccc1)C(=O)N[C@@H]2C(C)C. The Hall–Kier alpha value is -4.74. The number of anilines is 1. The van der Waals surface area contributed by atoms with Crippen molar-refractivity contribution in [1.29, 1.82) is 0 Å². The van der Waals surface area contributed by atoms with E-state index >= 15 is 0 Å². The highest BCUT2D eigenvalue weighted by Gasteiger charge is 2.30. The topological polar surface area (TPSA) is 148 Å². The van der Waals surface area contributed by atoms with Crippen molar-refractivity contribution in [2.24, 2.45) is 5.92 Å². The summed E-state index contributed by atoms with van der Waals surface area (Å²) >= 11 is 0. The van der Waals surface area contributed by atoms with Gasteiger partial charge in [0.05, 0.1) is 18.3 Å². The summed E-state index contributed by atoms with van der Waals surface area (Å²) in [6, 6.07) is 13.2. The van der Waals surface area contributed by atoms with Gasteiger partial charge >= 0.3 is 0 Å². The zero-order valence-electron chi connectivity index (χ0n) is 24.6. The number of carbonyl (C=O) groups is 4. The van der Waals surface area contributed by atoms with E-state index in [1.807, 2.05) is 44.2 Å². The van der Waals surface area contributed by atoms with E-state index in [1.54, 1.807) is 34.7 Å². The highest BCUT2D eigenvalue weighted by Crippen LogP contribution is 2.29. The number of nitrogens with zero attached hydrogens (tertiary/aromatic N) is 4. The molecule has 2 aliphatic heterocycles. The van der Waals surface area contributed by atoms with E-state index in [2.05, 4.69) is 26.0 Å². The molecule has 0 saturated heterocycles. The number of aromatic nitrogens is 3. The molecule has 226 valence electrons. The molecule has 0 unspecified atom stereocenters. The minimum absolute atomic E-state index is 0.0268. The number of rotatable bonds is 4. The Labute approximate surface area is 250 Å². The second-order valence-corrected chi connectivity index (χ2v) is 11.2. The van der Waals surface area contributed by atoms with Gasteiger partial charge in [0.1, 0.15) is 23.4 Å². The van der Waals surface area contributed by atoms with Gasteiger partial charge in [-0.1, -0.05) is 44.2 Å². The lowest BCUT2D eigenvalue weighted by atomic mass is 10.0. The van der Waals surface area contributed by atoms with Crippen LogP contribution in [0.15, 0.2) is 48.5 Å². The van der Waals surface area contributed by atoms with E-state index in [9.17, 15) is 19.2 Å². The molecule has 0 radical (unpaired) electrons. The van der Waals surface area contributed by atoms with Gasteiger partial charge < -0.3 is 25.6 Å². The van der Waals surface area contributed by atoms with Gasteiger partial charge in [-0.2, -0.15) is 5.10 Å². The molecule has 2 aromatic carbocycles. The fourth-order valence-electron chi connectivity index (χ4n) is 5.33. The quantitative estimate of drug-likeness (QED) is 0.425. The first kappa shape index (κ1) is 29.7. The molecule has 12 heteroatoms. The molecule has 3 aromatic rings. The van der Waals surface area contributed by atoms with Gasteiger partial charge in [-0.15, -0.1) is 0 Å². The van der Waals surface area contributed by atoms with Gasteiger partial charge in [0.15, 0.2) is 6.61 Å². The smallest absolute Gasteiger partial charge is 0.262 e. The molecular weight excluding hydrogens is 550 g/mol. The minimum atomic E-state index is -0.787. The predicted molar refractivity (Wildman–Crippen MR) is 158 cm³/mol. The van der Waals surface area contributed by atoms with Crippen molar-refractivity contribution in [2.75, 3.05) is 25.0 Å². The first-order valence-electron chi connectivity index (χ1n) is 14.6. The van der Waals surface area contributed by atoms with Crippen molar-refractivity contribution in [3.63, 3.8) is 0 Å². The summed E-state index contributed by atoms with van der Waals surface area (Å²) < 4.78 is 7.27. The molecule has 3 N–H and O–H groups in total. The Morgan fingerprint density at radius 1 is 1.02 bits per heavy atom. The molecule has 43 heavy (non-hydrogen) atoms. The Morgan fingerprint density at radius 3 is 2.58 bits per heavy atom. The van der Waals surface area contributed by atoms with E-state index in [0.29, 0.717) is 61.1 Å². The standard InChI is InChI=1S/C31H37N7O5/c1-19(2)28-29-32-20(3)36-38(29)15-14-37(31(42)22-11-12-23-25(17-22)43-18-27(40)33-23)13-7-10-26(39)34-24(30(41)35-28)16-21-8-5-4-6-9-21/h4-6,8-9,11-12,17,19,24,28H,7,10,13-16,18H2,1-3H3,(H,33,40)(H,34,39)(H,35,41)/t24-,28+/m0/s1. The summed E-state index contributed by atoms with van der Waals surface area (Å²) in [5.74, 6) is 0.516. The average molecular weight is 588 g/mol. The van der Waals surface area contributed by atoms with Crippen molar-refractivity contribution in [3.05, 3.63) is 71.3 Å². The molecule has 1 aromatic heterocycles. The fourth-order valence-corrected chi connectivity index (χ4v) is 5.33. The highest BCUT2D eigenvalue weighted by molar-refractivity contribution is 5.99. The molecular formula is C31H37N7O5. The van der Waals surface area contributed by atoms with Gasteiger partial charge in [0, 0.05) is 31.5 Å². The lowest BCUT2D eigenvalue weighted by Gasteiger charge is -2.28. The third kappa shape index (κ3) is 7.19. The summed E-state index contributed by atoms with van der Waals surface area (Å²) in [4.78, 5) is 58.4. The summed E-state index contributed by atoms with van der Waals surface area (Å²) in [7, 11) is 0. The van der Waals surface area contributed by atoms with Crippen molar-refractivity contribution >= 4 is 29.3 Å². The molecule has 0 bridgehead atoms. The van der Waals surface area contributed by atoms with Gasteiger partial charge in [-0.25, -0.2) is 9.67 Å². The summed E-state index contributed by atoms with van der Waals surface area (Å²) in [5.41, 5.74) is 1.85. The van der Waals surface area contributed by atoms with Crippen LogP contribution in [0.5, 0.6) is 5.75 Å². The summed E-state index contributed by atoms with van der Waals surface area (Å²) in [6.45, 7) is 6.62. The number of benzene rings is 2.